The molecule has 1 aromatic heterocycles. The van der Waals surface area contributed by atoms with Gasteiger partial charge >= 0.3 is 0 Å². The van der Waals surface area contributed by atoms with Gasteiger partial charge in [-0.25, -0.2) is 0 Å². The van der Waals surface area contributed by atoms with Crippen molar-refractivity contribution in [2.45, 2.75) is 6.54 Å². The number of methoxy groups -OCH3 is 1. The Labute approximate surface area is 140 Å². The zero-order valence-electron chi connectivity index (χ0n) is 13.1. The van der Waals surface area contributed by atoms with Crippen LogP contribution in [-0.2, 0) is 11.3 Å². The molecule has 1 amide bonds. The number of carbonyl (C=O) groups excluding carboxylic acids is 1. The third kappa shape index (κ3) is 3.60. The molecule has 23 heavy (non-hydrogen) atoms. The van der Waals surface area contributed by atoms with Crippen molar-refractivity contribution in [3.05, 3.63) is 70.4 Å². The second-order valence-corrected chi connectivity index (χ2v) is 6.16. The number of ether oxygens (including phenoxy) is 1. The number of thiophene rings is 1. The van der Waals surface area contributed by atoms with E-state index in [1.54, 1.807) is 18.4 Å². The first-order chi connectivity index (χ1) is 11.3. The Kier molecular flexibility index (Phi) is 5.05. The van der Waals surface area contributed by atoms with Gasteiger partial charge in [-0.05, 0) is 39.2 Å². The van der Waals surface area contributed by atoms with Gasteiger partial charge in [0.25, 0.3) is 5.91 Å². The maximum atomic E-state index is 13.1. The summed E-state index contributed by atoms with van der Waals surface area (Å²) in [7, 11) is 1.66. The number of rotatable bonds is 6. The van der Waals surface area contributed by atoms with Gasteiger partial charge in [0.05, 0.1) is 6.61 Å². The minimum absolute atomic E-state index is 0.0463. The second-order valence-electron chi connectivity index (χ2n) is 5.38. The molecule has 0 aliphatic carbocycles. The maximum absolute atomic E-state index is 13.1. The molecule has 0 atom stereocenters. The summed E-state index contributed by atoms with van der Waals surface area (Å²) in [4.78, 5) is 14.9. The number of amides is 1. The highest BCUT2D eigenvalue weighted by Crippen LogP contribution is 2.21. The number of nitrogens with zero attached hydrogens (tertiary/aromatic N) is 1. The highest BCUT2D eigenvalue weighted by molar-refractivity contribution is 7.07. The van der Waals surface area contributed by atoms with Crippen LogP contribution in [0.1, 0.15) is 15.9 Å². The molecule has 2 aromatic carbocycles. The standard InChI is InChI=1S/C19H19NO2S/c1-22-11-10-20(13-15-9-12-23-14-15)19(21)18-8-4-6-16-5-2-3-7-17(16)18/h2-9,12,14H,10-11,13H2,1H3. The molecule has 3 rings (SSSR count). The number of fused-ring (bicyclic) bond motifs is 1. The molecule has 0 aliphatic rings. The van der Waals surface area contributed by atoms with E-state index in [0.717, 1.165) is 21.9 Å². The molecule has 0 aliphatic heterocycles. The molecular weight excluding hydrogens is 306 g/mol. The van der Waals surface area contributed by atoms with E-state index in [1.807, 2.05) is 52.7 Å². The van der Waals surface area contributed by atoms with E-state index in [2.05, 4.69) is 11.4 Å². The highest BCUT2D eigenvalue weighted by atomic mass is 32.1. The van der Waals surface area contributed by atoms with Crippen molar-refractivity contribution in [1.29, 1.82) is 0 Å². The first kappa shape index (κ1) is 15.7. The first-order valence-electron chi connectivity index (χ1n) is 7.56. The number of benzene rings is 2. The summed E-state index contributed by atoms with van der Waals surface area (Å²) in [5, 5.41) is 6.19. The fourth-order valence-corrected chi connectivity index (χ4v) is 3.30. The van der Waals surface area contributed by atoms with Gasteiger partial charge in [-0.3, -0.25) is 4.79 Å². The number of hydrogen-bond donors (Lipinski definition) is 0. The van der Waals surface area contributed by atoms with Crippen LogP contribution in [0.4, 0.5) is 0 Å². The van der Waals surface area contributed by atoms with E-state index in [-0.39, 0.29) is 5.91 Å². The van der Waals surface area contributed by atoms with Crippen molar-refractivity contribution in [2.75, 3.05) is 20.3 Å². The normalized spacial score (nSPS) is 10.8. The molecule has 0 fully saturated rings. The van der Waals surface area contributed by atoms with Crippen molar-refractivity contribution in [3.8, 4) is 0 Å². The van der Waals surface area contributed by atoms with Gasteiger partial charge in [0.1, 0.15) is 0 Å². The SMILES string of the molecule is COCCN(Cc1ccsc1)C(=O)c1cccc2ccccc12. The van der Waals surface area contributed by atoms with E-state index < -0.39 is 0 Å². The van der Waals surface area contributed by atoms with Crippen LogP contribution in [0, 0.1) is 0 Å². The molecule has 0 radical (unpaired) electrons. The average Bonchev–Trinajstić information content (AvgIpc) is 3.10. The molecule has 3 aromatic rings. The number of carbonyl (C=O) groups is 1. The smallest absolute Gasteiger partial charge is 0.254 e. The van der Waals surface area contributed by atoms with Gasteiger partial charge in [0, 0.05) is 25.8 Å². The zero-order chi connectivity index (χ0) is 16.1. The van der Waals surface area contributed by atoms with Crippen LogP contribution in [0.25, 0.3) is 10.8 Å². The van der Waals surface area contributed by atoms with Crippen LogP contribution in [-0.4, -0.2) is 31.1 Å². The van der Waals surface area contributed by atoms with E-state index in [0.29, 0.717) is 19.7 Å². The molecule has 0 bridgehead atoms. The summed E-state index contributed by atoms with van der Waals surface area (Å²) in [6.07, 6.45) is 0. The monoisotopic (exact) mass is 325 g/mol. The Balaban J connectivity index is 1.92. The van der Waals surface area contributed by atoms with E-state index in [1.165, 1.54) is 0 Å². The van der Waals surface area contributed by atoms with E-state index in [4.69, 9.17) is 4.74 Å². The number of hydrogen-bond acceptors (Lipinski definition) is 3. The first-order valence-corrected chi connectivity index (χ1v) is 8.51. The molecule has 0 saturated carbocycles. The van der Waals surface area contributed by atoms with Crippen molar-refractivity contribution in [1.82, 2.24) is 4.90 Å². The Hall–Kier alpha value is -2.17. The summed E-state index contributed by atoms with van der Waals surface area (Å²) in [5.41, 5.74) is 1.90. The minimum Gasteiger partial charge on any atom is -0.383 e. The lowest BCUT2D eigenvalue weighted by molar-refractivity contribution is 0.0682. The summed E-state index contributed by atoms with van der Waals surface area (Å²) in [6.45, 7) is 1.71. The van der Waals surface area contributed by atoms with Crippen LogP contribution < -0.4 is 0 Å². The molecule has 1 heterocycles. The van der Waals surface area contributed by atoms with Crippen LogP contribution in [0.3, 0.4) is 0 Å². The summed E-state index contributed by atoms with van der Waals surface area (Å²) >= 11 is 1.65. The topological polar surface area (TPSA) is 29.5 Å². The Bertz CT molecular complexity index is 778. The highest BCUT2D eigenvalue weighted by Gasteiger charge is 2.18. The molecule has 3 nitrogen and oxygen atoms in total. The minimum atomic E-state index is 0.0463. The molecular formula is C19H19NO2S. The zero-order valence-corrected chi connectivity index (χ0v) is 13.9. The summed E-state index contributed by atoms with van der Waals surface area (Å²) in [5.74, 6) is 0.0463. The van der Waals surface area contributed by atoms with Crippen LogP contribution in [0.15, 0.2) is 59.3 Å². The molecule has 118 valence electrons. The maximum Gasteiger partial charge on any atom is 0.254 e. The molecule has 0 spiro atoms. The summed E-state index contributed by atoms with van der Waals surface area (Å²) < 4.78 is 5.17. The lowest BCUT2D eigenvalue weighted by Gasteiger charge is -2.23. The largest absolute Gasteiger partial charge is 0.383 e. The molecule has 0 N–H and O–H groups in total. The van der Waals surface area contributed by atoms with E-state index in [9.17, 15) is 4.79 Å². The Morgan fingerprint density at radius 2 is 1.96 bits per heavy atom. The third-order valence-corrected chi connectivity index (χ3v) is 4.56. The molecule has 4 heteroatoms. The Morgan fingerprint density at radius 1 is 1.13 bits per heavy atom. The van der Waals surface area contributed by atoms with Gasteiger partial charge in [0.15, 0.2) is 0 Å². The average molecular weight is 325 g/mol. The fraction of sp³-hybridized carbons (Fsp3) is 0.211. The quantitative estimate of drug-likeness (QED) is 0.680. The van der Waals surface area contributed by atoms with Crippen molar-refractivity contribution < 1.29 is 9.53 Å². The van der Waals surface area contributed by atoms with Crippen LogP contribution in [0.2, 0.25) is 0 Å². The Morgan fingerprint density at radius 3 is 2.74 bits per heavy atom. The molecule has 0 saturated heterocycles. The van der Waals surface area contributed by atoms with Crippen molar-refractivity contribution in [2.24, 2.45) is 0 Å². The van der Waals surface area contributed by atoms with Gasteiger partial charge < -0.3 is 9.64 Å². The lowest BCUT2D eigenvalue weighted by atomic mass is 10.0. The van der Waals surface area contributed by atoms with Crippen molar-refractivity contribution >= 4 is 28.0 Å². The van der Waals surface area contributed by atoms with Gasteiger partial charge in [-0.2, -0.15) is 11.3 Å². The van der Waals surface area contributed by atoms with Gasteiger partial charge in [-0.1, -0.05) is 36.4 Å². The van der Waals surface area contributed by atoms with Gasteiger partial charge in [0.2, 0.25) is 0 Å². The molecule has 0 unspecified atom stereocenters. The third-order valence-electron chi connectivity index (χ3n) is 3.83. The van der Waals surface area contributed by atoms with Crippen molar-refractivity contribution in [3.63, 3.8) is 0 Å². The van der Waals surface area contributed by atoms with Gasteiger partial charge in [-0.15, -0.1) is 0 Å². The lowest BCUT2D eigenvalue weighted by Crippen LogP contribution is -2.33. The fourth-order valence-electron chi connectivity index (χ4n) is 2.64. The van der Waals surface area contributed by atoms with Crippen LogP contribution >= 0.6 is 11.3 Å². The predicted octanol–water partition coefficient (Wildman–Crippen LogP) is 4.19. The summed E-state index contributed by atoms with van der Waals surface area (Å²) in [6, 6.07) is 15.9. The predicted molar refractivity (Wildman–Crippen MR) is 94.9 cm³/mol. The van der Waals surface area contributed by atoms with Crippen LogP contribution in [0.5, 0.6) is 0 Å². The van der Waals surface area contributed by atoms with E-state index >= 15 is 0 Å². The second kappa shape index (κ2) is 7.40.